The summed E-state index contributed by atoms with van der Waals surface area (Å²) in [5.74, 6) is -1.11. The summed E-state index contributed by atoms with van der Waals surface area (Å²) < 4.78 is 0. The number of carboxylic acid groups (broad SMARTS) is 1. The molecular weight excluding hydrogens is 182 g/mol. The van der Waals surface area contributed by atoms with Crippen LogP contribution >= 0.6 is 11.6 Å². The molecule has 0 aliphatic carbocycles. The summed E-state index contributed by atoms with van der Waals surface area (Å²) in [6, 6.07) is 0. The molecule has 0 aliphatic heterocycles. The number of halogens is 1. The van der Waals surface area contributed by atoms with Gasteiger partial charge in [0.25, 0.3) is 5.56 Å². The zero-order valence-electron chi connectivity index (χ0n) is 6.22. The third-order valence-corrected chi connectivity index (χ3v) is 1.97. The first-order valence-electron chi connectivity index (χ1n) is 3.15. The van der Waals surface area contributed by atoms with Gasteiger partial charge in [0.05, 0.1) is 5.56 Å². The van der Waals surface area contributed by atoms with Gasteiger partial charge >= 0.3 is 5.97 Å². The van der Waals surface area contributed by atoms with Crippen molar-refractivity contribution in [3.8, 4) is 0 Å². The van der Waals surface area contributed by atoms with E-state index < -0.39 is 11.5 Å². The number of hydrogen-bond acceptors (Lipinski definition) is 2. The summed E-state index contributed by atoms with van der Waals surface area (Å²) in [6.45, 7) is 1.49. The molecule has 0 amide bonds. The van der Waals surface area contributed by atoms with Gasteiger partial charge in [-0.05, 0) is 12.5 Å². The van der Waals surface area contributed by atoms with Crippen LogP contribution in [0, 0.1) is 6.92 Å². The summed E-state index contributed by atoms with van der Waals surface area (Å²) in [7, 11) is 0. The summed E-state index contributed by atoms with van der Waals surface area (Å²) in [4.78, 5) is 23.6. The third kappa shape index (κ3) is 1.33. The van der Waals surface area contributed by atoms with Gasteiger partial charge in [-0.15, -0.1) is 0 Å². The minimum absolute atomic E-state index is 0.0135. The lowest BCUT2D eigenvalue weighted by molar-refractivity contribution is 0.0695. The first-order valence-corrected chi connectivity index (χ1v) is 3.53. The van der Waals surface area contributed by atoms with Crippen LogP contribution in [0.3, 0.4) is 0 Å². The molecule has 1 heterocycles. The number of aromatic nitrogens is 1. The van der Waals surface area contributed by atoms with E-state index in [1.54, 1.807) is 0 Å². The van der Waals surface area contributed by atoms with Gasteiger partial charge in [-0.25, -0.2) is 4.79 Å². The van der Waals surface area contributed by atoms with Crippen molar-refractivity contribution < 1.29 is 9.90 Å². The average molecular weight is 188 g/mol. The molecular formula is C7H6ClNO3. The summed E-state index contributed by atoms with van der Waals surface area (Å²) in [5.41, 5.74) is -0.174. The predicted molar refractivity (Wildman–Crippen MR) is 43.8 cm³/mol. The van der Waals surface area contributed by atoms with Crippen molar-refractivity contribution in [2.75, 3.05) is 0 Å². The largest absolute Gasteiger partial charge is 0.478 e. The second-order valence-corrected chi connectivity index (χ2v) is 2.65. The fraction of sp³-hybridized carbons (Fsp3) is 0.143. The zero-order chi connectivity index (χ0) is 9.30. The van der Waals surface area contributed by atoms with E-state index in [0.717, 1.165) is 6.20 Å². The molecule has 0 fully saturated rings. The van der Waals surface area contributed by atoms with Gasteiger partial charge in [0.15, 0.2) is 0 Å². The quantitative estimate of drug-likeness (QED) is 0.690. The zero-order valence-corrected chi connectivity index (χ0v) is 6.97. The second-order valence-electron chi connectivity index (χ2n) is 2.28. The Morgan fingerprint density at radius 3 is 2.75 bits per heavy atom. The summed E-state index contributed by atoms with van der Waals surface area (Å²) in [6.07, 6.45) is 1.13. The molecule has 0 aliphatic rings. The van der Waals surface area contributed by atoms with Crippen molar-refractivity contribution in [3.05, 3.63) is 32.7 Å². The first kappa shape index (κ1) is 8.80. The Balaban J connectivity index is 3.47. The van der Waals surface area contributed by atoms with E-state index >= 15 is 0 Å². The van der Waals surface area contributed by atoms with Crippen LogP contribution in [0.15, 0.2) is 11.0 Å². The van der Waals surface area contributed by atoms with Gasteiger partial charge in [-0.2, -0.15) is 0 Å². The number of carbonyl (C=O) groups is 1. The first-order chi connectivity index (χ1) is 5.54. The molecule has 0 spiro atoms. The highest BCUT2D eigenvalue weighted by molar-refractivity contribution is 6.31. The van der Waals surface area contributed by atoms with Crippen LogP contribution in [0.25, 0.3) is 0 Å². The van der Waals surface area contributed by atoms with Gasteiger partial charge in [0.2, 0.25) is 0 Å². The van der Waals surface area contributed by atoms with E-state index in [2.05, 4.69) is 4.98 Å². The lowest BCUT2D eigenvalue weighted by Crippen LogP contribution is -2.12. The maximum atomic E-state index is 10.8. The summed E-state index contributed by atoms with van der Waals surface area (Å²) in [5, 5.41) is 8.53. The van der Waals surface area contributed by atoms with E-state index in [1.807, 2.05) is 0 Å². The number of hydrogen-bond donors (Lipinski definition) is 2. The second kappa shape index (κ2) is 2.98. The number of rotatable bonds is 1. The fourth-order valence-electron chi connectivity index (χ4n) is 0.820. The standard InChI is InChI=1S/C7H6ClNO3/c1-3-4(7(11)12)2-9-6(10)5(3)8/h2H,1H3,(H,9,10)(H,11,12). The van der Waals surface area contributed by atoms with Gasteiger partial charge in [0, 0.05) is 6.20 Å². The normalized spacial score (nSPS) is 9.83. The van der Waals surface area contributed by atoms with Crippen molar-refractivity contribution in [1.29, 1.82) is 0 Å². The van der Waals surface area contributed by atoms with E-state index in [1.165, 1.54) is 6.92 Å². The van der Waals surface area contributed by atoms with Crippen LogP contribution in [0.4, 0.5) is 0 Å². The molecule has 1 aromatic heterocycles. The van der Waals surface area contributed by atoms with Crippen LogP contribution in [0.2, 0.25) is 5.02 Å². The molecule has 1 aromatic rings. The lowest BCUT2D eigenvalue weighted by atomic mass is 10.2. The van der Waals surface area contributed by atoms with Gasteiger partial charge in [0.1, 0.15) is 5.02 Å². The number of aromatic carboxylic acids is 1. The molecule has 0 unspecified atom stereocenters. The number of pyridine rings is 1. The molecule has 4 nitrogen and oxygen atoms in total. The van der Waals surface area contributed by atoms with Crippen LogP contribution in [0.5, 0.6) is 0 Å². The topological polar surface area (TPSA) is 70.2 Å². The van der Waals surface area contributed by atoms with Gasteiger partial charge in [-0.1, -0.05) is 11.6 Å². The molecule has 0 radical (unpaired) electrons. The SMILES string of the molecule is Cc1c(C(=O)O)c[nH]c(=O)c1Cl. The molecule has 0 aromatic carbocycles. The van der Waals surface area contributed by atoms with Gasteiger partial charge < -0.3 is 10.1 Å². The van der Waals surface area contributed by atoms with Crippen LogP contribution < -0.4 is 5.56 Å². The van der Waals surface area contributed by atoms with Crippen LogP contribution in [0.1, 0.15) is 15.9 Å². The Morgan fingerprint density at radius 2 is 2.25 bits per heavy atom. The monoisotopic (exact) mass is 187 g/mol. The highest BCUT2D eigenvalue weighted by Crippen LogP contribution is 2.12. The maximum absolute atomic E-state index is 10.8. The molecule has 0 saturated carbocycles. The fourth-order valence-corrected chi connectivity index (χ4v) is 0.976. The Morgan fingerprint density at radius 1 is 1.67 bits per heavy atom. The van der Waals surface area contributed by atoms with E-state index in [9.17, 15) is 9.59 Å². The molecule has 64 valence electrons. The minimum Gasteiger partial charge on any atom is -0.478 e. The number of aromatic amines is 1. The van der Waals surface area contributed by atoms with E-state index in [-0.39, 0.29) is 16.1 Å². The van der Waals surface area contributed by atoms with Crippen molar-refractivity contribution in [3.63, 3.8) is 0 Å². The Bertz CT molecular complexity index is 383. The number of nitrogens with one attached hydrogen (secondary N) is 1. The Kier molecular flexibility index (Phi) is 2.19. The Hall–Kier alpha value is -1.29. The van der Waals surface area contributed by atoms with Gasteiger partial charge in [-0.3, -0.25) is 4.79 Å². The highest BCUT2D eigenvalue weighted by atomic mass is 35.5. The van der Waals surface area contributed by atoms with Crippen LogP contribution in [-0.4, -0.2) is 16.1 Å². The van der Waals surface area contributed by atoms with Crippen molar-refractivity contribution in [2.45, 2.75) is 6.92 Å². The molecule has 1 rings (SSSR count). The number of carboxylic acids is 1. The molecule has 0 bridgehead atoms. The highest BCUT2D eigenvalue weighted by Gasteiger charge is 2.11. The summed E-state index contributed by atoms with van der Waals surface area (Å²) >= 11 is 5.52. The predicted octanol–water partition coefficient (Wildman–Crippen LogP) is 1.03. The molecule has 0 saturated heterocycles. The maximum Gasteiger partial charge on any atom is 0.337 e. The molecule has 2 N–H and O–H groups in total. The third-order valence-electron chi connectivity index (χ3n) is 1.51. The average Bonchev–Trinajstić information content (AvgIpc) is 2.00. The number of H-pyrrole nitrogens is 1. The smallest absolute Gasteiger partial charge is 0.337 e. The van der Waals surface area contributed by atoms with Crippen molar-refractivity contribution in [1.82, 2.24) is 4.98 Å². The molecule has 0 atom stereocenters. The molecule has 5 heteroatoms. The lowest BCUT2D eigenvalue weighted by Gasteiger charge is -2.00. The van der Waals surface area contributed by atoms with E-state index in [4.69, 9.17) is 16.7 Å². The van der Waals surface area contributed by atoms with E-state index in [0.29, 0.717) is 0 Å². The Labute approximate surface area is 72.8 Å². The van der Waals surface area contributed by atoms with Crippen LogP contribution in [-0.2, 0) is 0 Å². The minimum atomic E-state index is -1.11. The molecule has 12 heavy (non-hydrogen) atoms. The van der Waals surface area contributed by atoms with Crippen molar-refractivity contribution in [2.24, 2.45) is 0 Å². The van der Waals surface area contributed by atoms with Crippen molar-refractivity contribution >= 4 is 17.6 Å².